The summed E-state index contributed by atoms with van der Waals surface area (Å²) in [7, 11) is 1.94. The monoisotopic (exact) mass is 559 g/mol. The van der Waals surface area contributed by atoms with Crippen LogP contribution in [0.5, 0.6) is 5.75 Å². The van der Waals surface area contributed by atoms with Crippen LogP contribution in [0.4, 0.5) is 0 Å². The second-order valence-electron chi connectivity index (χ2n) is 13.4. The minimum absolute atomic E-state index is 0.0597. The number of hydrogen-bond donors (Lipinski definition) is 2. The molecule has 39 heavy (non-hydrogen) atoms. The Kier molecular flexibility index (Phi) is 11.1. The van der Waals surface area contributed by atoms with Crippen molar-refractivity contribution in [2.75, 3.05) is 13.6 Å². The molecule has 0 aliphatic heterocycles. The van der Waals surface area contributed by atoms with Gasteiger partial charge in [-0.2, -0.15) is 0 Å². The molecule has 2 saturated carbocycles. The van der Waals surface area contributed by atoms with Crippen molar-refractivity contribution in [1.82, 2.24) is 4.90 Å². The maximum Gasteiger partial charge on any atom is 0.222 e. The number of alkyl halides is 1. The quantitative estimate of drug-likeness (QED) is 0.178. The highest BCUT2D eigenvalue weighted by molar-refractivity contribution is 6.21. The number of aliphatic hydroxyl groups is 1. The van der Waals surface area contributed by atoms with E-state index in [0.29, 0.717) is 41.7 Å². The van der Waals surface area contributed by atoms with Gasteiger partial charge in [-0.05, 0) is 97.3 Å². The second-order valence-corrected chi connectivity index (χ2v) is 14.0. The summed E-state index contributed by atoms with van der Waals surface area (Å²) < 4.78 is 0. The van der Waals surface area contributed by atoms with Crippen molar-refractivity contribution in [3.05, 3.63) is 29.3 Å². The Morgan fingerprint density at radius 1 is 1.08 bits per heavy atom. The van der Waals surface area contributed by atoms with Crippen LogP contribution >= 0.6 is 11.6 Å². The fraction of sp³-hybridized carbons (Fsp3) is 0.794. The van der Waals surface area contributed by atoms with Crippen molar-refractivity contribution in [1.29, 1.82) is 0 Å². The number of nitrogens with zero attached hydrogens (tertiary/aromatic N) is 1. The highest BCUT2D eigenvalue weighted by Gasteiger charge is 2.59. The number of unbranched alkanes of at least 4 members (excludes halogenated alkanes) is 8. The molecule has 2 fully saturated rings. The highest BCUT2D eigenvalue weighted by Crippen LogP contribution is 2.63. The van der Waals surface area contributed by atoms with E-state index >= 15 is 0 Å². The van der Waals surface area contributed by atoms with Crippen LogP contribution in [-0.4, -0.2) is 46.1 Å². The van der Waals surface area contributed by atoms with Crippen molar-refractivity contribution in [3.8, 4) is 5.75 Å². The molecule has 0 aromatic heterocycles. The zero-order valence-electron chi connectivity index (χ0n) is 24.8. The minimum Gasteiger partial charge on any atom is -0.508 e. The maximum atomic E-state index is 12.2. The smallest absolute Gasteiger partial charge is 0.222 e. The van der Waals surface area contributed by atoms with Crippen LogP contribution in [0.25, 0.3) is 0 Å². The summed E-state index contributed by atoms with van der Waals surface area (Å²) >= 11 is 6.68. The third kappa shape index (κ3) is 7.15. The number of aliphatic hydroxyl groups excluding tert-OH is 1. The van der Waals surface area contributed by atoms with Crippen LogP contribution in [0.1, 0.15) is 127 Å². The van der Waals surface area contributed by atoms with Crippen molar-refractivity contribution >= 4 is 17.5 Å². The molecular weight excluding hydrogens is 506 g/mol. The summed E-state index contributed by atoms with van der Waals surface area (Å²) in [6, 6.07) is 6.05. The normalized spacial score (nSPS) is 31.4. The molecule has 0 heterocycles. The molecule has 1 aromatic carbocycles. The lowest BCUT2D eigenvalue weighted by atomic mass is 9.52. The van der Waals surface area contributed by atoms with Gasteiger partial charge < -0.3 is 15.1 Å². The Balaban J connectivity index is 1.21. The Bertz CT molecular complexity index is 937. The van der Waals surface area contributed by atoms with Gasteiger partial charge in [-0.1, -0.05) is 71.3 Å². The van der Waals surface area contributed by atoms with E-state index in [1.165, 1.54) is 62.5 Å². The minimum atomic E-state index is -0.396. The molecule has 3 aliphatic rings. The summed E-state index contributed by atoms with van der Waals surface area (Å²) in [6.45, 7) is 5.35. The zero-order valence-corrected chi connectivity index (χ0v) is 25.6. The number of amides is 1. The number of fused-ring (bicyclic) bond motifs is 5. The molecule has 0 radical (unpaired) electrons. The second kappa shape index (κ2) is 14.1. The summed E-state index contributed by atoms with van der Waals surface area (Å²) in [5, 5.41) is 21.1. The Labute approximate surface area is 242 Å². The third-order valence-electron chi connectivity index (χ3n) is 10.8. The van der Waals surface area contributed by atoms with Crippen LogP contribution in [0.15, 0.2) is 18.2 Å². The van der Waals surface area contributed by atoms with Crippen LogP contribution in [0.3, 0.4) is 0 Å². The van der Waals surface area contributed by atoms with Gasteiger partial charge in [0, 0.05) is 20.0 Å². The van der Waals surface area contributed by atoms with Gasteiger partial charge in [-0.15, -0.1) is 11.6 Å². The molecule has 3 aliphatic carbocycles. The summed E-state index contributed by atoms with van der Waals surface area (Å²) in [5.41, 5.74) is 2.73. The average Bonchev–Trinajstić information content (AvgIpc) is 3.15. The first-order chi connectivity index (χ1) is 18.8. The number of phenolic OH excluding ortho intramolecular Hbond substituents is 1. The number of benzene rings is 1. The molecule has 0 saturated heterocycles. The van der Waals surface area contributed by atoms with E-state index in [0.717, 1.165) is 51.5 Å². The van der Waals surface area contributed by atoms with Crippen LogP contribution in [-0.2, 0) is 11.2 Å². The fourth-order valence-electron chi connectivity index (χ4n) is 8.46. The lowest BCUT2D eigenvalue weighted by molar-refractivity contribution is -0.130. The predicted octanol–water partition coefficient (Wildman–Crippen LogP) is 8.21. The fourth-order valence-corrected chi connectivity index (χ4v) is 8.94. The average molecular weight is 560 g/mol. The van der Waals surface area contributed by atoms with Gasteiger partial charge in [-0.25, -0.2) is 0 Å². The van der Waals surface area contributed by atoms with Crippen LogP contribution < -0.4 is 0 Å². The molecule has 220 valence electrons. The van der Waals surface area contributed by atoms with Crippen molar-refractivity contribution in [2.24, 2.45) is 23.2 Å². The van der Waals surface area contributed by atoms with E-state index < -0.39 is 6.10 Å². The number of carbonyl (C=O) groups is 1. The summed E-state index contributed by atoms with van der Waals surface area (Å²) in [5.74, 6) is 2.90. The lowest BCUT2D eigenvalue weighted by Crippen LogP contribution is -2.47. The lowest BCUT2D eigenvalue weighted by Gasteiger charge is -2.53. The van der Waals surface area contributed by atoms with E-state index in [-0.39, 0.29) is 10.8 Å². The molecule has 1 amide bonds. The molecule has 7 atom stereocenters. The van der Waals surface area contributed by atoms with Gasteiger partial charge in [0.2, 0.25) is 5.91 Å². The van der Waals surface area contributed by atoms with E-state index in [2.05, 4.69) is 19.9 Å². The number of aromatic hydroxyl groups is 1. The van der Waals surface area contributed by atoms with E-state index in [1.807, 2.05) is 24.1 Å². The topological polar surface area (TPSA) is 60.8 Å². The summed E-state index contributed by atoms with van der Waals surface area (Å²) in [4.78, 5) is 14.1. The zero-order chi connectivity index (χ0) is 28.0. The number of carbonyl (C=O) groups excluding carboxylic acids is 1. The van der Waals surface area contributed by atoms with Gasteiger partial charge in [-0.3, -0.25) is 4.79 Å². The predicted molar refractivity (Wildman–Crippen MR) is 161 cm³/mol. The largest absolute Gasteiger partial charge is 0.508 e. The molecular formula is C34H54ClNO3. The van der Waals surface area contributed by atoms with Crippen LogP contribution in [0.2, 0.25) is 0 Å². The first kappa shape index (κ1) is 30.7. The highest BCUT2D eigenvalue weighted by atomic mass is 35.5. The molecule has 4 nitrogen and oxygen atoms in total. The van der Waals surface area contributed by atoms with Crippen molar-refractivity contribution in [2.45, 2.75) is 134 Å². The number of rotatable bonds is 14. The Hall–Kier alpha value is -1.26. The number of halogens is 1. The molecule has 2 N–H and O–H groups in total. The first-order valence-electron chi connectivity index (χ1n) is 16.1. The van der Waals surface area contributed by atoms with Gasteiger partial charge in [0.15, 0.2) is 0 Å². The Morgan fingerprint density at radius 2 is 1.77 bits per heavy atom. The molecule has 0 bridgehead atoms. The van der Waals surface area contributed by atoms with Crippen LogP contribution in [0, 0.1) is 23.2 Å². The first-order valence-corrected chi connectivity index (χ1v) is 16.6. The standard InChI is InChI=1S/C34H54ClNO3/c1-4-5-20-36(3)31(38)15-13-11-9-7-6-8-10-12-14-24-21-25-22-26(37)16-17-27(25)28-18-19-34(2)29(32(24)28)23-30(35)33(34)39/h16-17,22,24,28-30,32-33,37,39H,4-15,18-21,23H2,1-3H3/t24?,28-,29+,30-,32-,33+,34+/m1/s1. The van der Waals surface area contributed by atoms with Gasteiger partial charge in [0.05, 0.1) is 11.5 Å². The van der Waals surface area contributed by atoms with Gasteiger partial charge in [0.1, 0.15) is 5.75 Å². The number of phenols is 1. The number of hydrogen-bond acceptors (Lipinski definition) is 3. The SMILES string of the molecule is CCCCN(C)C(=O)CCCCCCCCCCC1Cc2cc(O)ccc2[C@H]2CC[C@]3(C)[C@@H](O)[C@H](Cl)C[C@H]3[C@H]12. The Morgan fingerprint density at radius 3 is 2.49 bits per heavy atom. The molecule has 1 aromatic rings. The van der Waals surface area contributed by atoms with E-state index in [4.69, 9.17) is 11.6 Å². The maximum absolute atomic E-state index is 12.2. The van der Waals surface area contributed by atoms with Crippen molar-refractivity contribution in [3.63, 3.8) is 0 Å². The van der Waals surface area contributed by atoms with E-state index in [9.17, 15) is 15.0 Å². The van der Waals surface area contributed by atoms with Gasteiger partial charge in [0.25, 0.3) is 0 Å². The molecule has 0 spiro atoms. The van der Waals surface area contributed by atoms with Crippen molar-refractivity contribution < 1.29 is 15.0 Å². The molecule has 5 heteroatoms. The van der Waals surface area contributed by atoms with Gasteiger partial charge >= 0.3 is 0 Å². The molecule has 4 rings (SSSR count). The summed E-state index contributed by atoms with van der Waals surface area (Å²) in [6.07, 6.45) is 17.7. The molecule has 1 unspecified atom stereocenters. The van der Waals surface area contributed by atoms with E-state index in [1.54, 1.807) is 0 Å². The third-order valence-corrected chi connectivity index (χ3v) is 11.2.